The third-order valence-electron chi connectivity index (χ3n) is 2.41. The van der Waals surface area contributed by atoms with Gasteiger partial charge in [-0.1, -0.05) is 13.8 Å². The highest BCUT2D eigenvalue weighted by Crippen LogP contribution is 2.29. The largest absolute Gasteiger partial charge is 0.383 e. The second kappa shape index (κ2) is 4.89. The van der Waals surface area contributed by atoms with Crippen LogP contribution in [0.1, 0.15) is 30.3 Å². The van der Waals surface area contributed by atoms with Gasteiger partial charge < -0.3 is 5.73 Å². The van der Waals surface area contributed by atoms with Gasteiger partial charge in [-0.05, 0) is 47.6 Å². The van der Waals surface area contributed by atoms with Gasteiger partial charge in [-0.15, -0.1) is 11.3 Å². The van der Waals surface area contributed by atoms with Crippen molar-refractivity contribution in [2.75, 3.05) is 5.73 Å². The molecule has 2 N–H and O–H groups in total. The number of hydrogen-bond donors (Lipinski definition) is 1. The molecule has 2 heterocycles. The summed E-state index contributed by atoms with van der Waals surface area (Å²) < 4.78 is 0.967. The van der Waals surface area contributed by atoms with Crippen molar-refractivity contribution < 1.29 is 0 Å². The molecule has 0 bridgehead atoms. The lowest BCUT2D eigenvalue weighted by atomic mass is 10.1. The molecule has 0 unspecified atom stereocenters. The Balaban J connectivity index is 2.56. The van der Waals surface area contributed by atoms with Crippen LogP contribution in [0, 0.1) is 10.5 Å². The summed E-state index contributed by atoms with van der Waals surface area (Å²) in [4.78, 5) is 11.3. The van der Waals surface area contributed by atoms with Gasteiger partial charge in [0.25, 0.3) is 0 Å². The molecule has 0 atom stereocenters. The number of anilines is 1. The first-order valence-corrected chi connectivity index (χ1v) is 7.28. The highest BCUT2D eigenvalue weighted by Gasteiger charge is 2.14. The van der Waals surface area contributed by atoms with Gasteiger partial charge in [0, 0.05) is 4.88 Å². The summed E-state index contributed by atoms with van der Waals surface area (Å²) in [5.41, 5.74) is 6.98. The maximum atomic E-state index is 5.95. The molecule has 2 rings (SSSR count). The summed E-state index contributed by atoms with van der Waals surface area (Å²) in [5, 5.41) is 0. The van der Waals surface area contributed by atoms with E-state index in [4.69, 9.17) is 5.73 Å². The van der Waals surface area contributed by atoms with Crippen molar-refractivity contribution >= 4 is 39.7 Å². The van der Waals surface area contributed by atoms with Crippen LogP contribution in [0.2, 0.25) is 0 Å². The van der Waals surface area contributed by atoms with E-state index in [1.54, 1.807) is 11.3 Å². The Labute approximate surface area is 119 Å². The molecule has 0 radical (unpaired) electrons. The second-order valence-corrected chi connectivity index (χ2v) is 6.56. The smallest absolute Gasteiger partial charge is 0.171 e. The number of aromatic nitrogens is 2. The van der Waals surface area contributed by atoms with Crippen LogP contribution < -0.4 is 5.73 Å². The second-order valence-electron chi connectivity index (χ2n) is 4.20. The number of halogens is 1. The molecular weight excluding hydrogens is 345 g/mol. The topological polar surface area (TPSA) is 51.8 Å². The Hall–Kier alpha value is -0.690. The molecule has 0 fully saturated rings. The van der Waals surface area contributed by atoms with Gasteiger partial charge in [0.2, 0.25) is 0 Å². The maximum absolute atomic E-state index is 5.95. The van der Waals surface area contributed by atoms with E-state index in [9.17, 15) is 0 Å². The average Bonchev–Trinajstić information content (AvgIpc) is 2.68. The summed E-state index contributed by atoms with van der Waals surface area (Å²) in [6.45, 7) is 6.31. The number of rotatable bonds is 2. The van der Waals surface area contributed by atoms with E-state index in [0.29, 0.717) is 11.7 Å². The Morgan fingerprint density at radius 2 is 2.00 bits per heavy atom. The number of nitrogen functional groups attached to an aromatic ring is 1. The summed E-state index contributed by atoms with van der Waals surface area (Å²) in [6, 6.07) is 4.12. The highest BCUT2D eigenvalue weighted by atomic mass is 127. The quantitative estimate of drug-likeness (QED) is 0.830. The van der Waals surface area contributed by atoms with E-state index in [0.717, 1.165) is 20.0 Å². The minimum absolute atomic E-state index is 0.354. The van der Waals surface area contributed by atoms with Crippen LogP contribution >= 0.6 is 33.9 Å². The van der Waals surface area contributed by atoms with Gasteiger partial charge in [-0.3, -0.25) is 0 Å². The molecule has 0 aliphatic heterocycles. The molecule has 5 heteroatoms. The van der Waals surface area contributed by atoms with Crippen molar-refractivity contribution in [2.24, 2.45) is 0 Å². The molecule has 0 saturated heterocycles. The standard InChI is InChI=1S/C12H14IN3S/c1-6(2)10-9(13)11(14)16-12(15-10)8-5-4-7(3)17-8/h4-6H,1-3H3,(H2,14,15,16). The third kappa shape index (κ3) is 2.60. The molecule has 0 aromatic carbocycles. The molecule has 3 nitrogen and oxygen atoms in total. The third-order valence-corrected chi connectivity index (χ3v) is 4.51. The van der Waals surface area contributed by atoms with Crippen molar-refractivity contribution in [1.82, 2.24) is 9.97 Å². The fourth-order valence-corrected chi connectivity index (χ4v) is 3.20. The molecule has 90 valence electrons. The molecule has 0 spiro atoms. The number of aryl methyl sites for hydroxylation is 1. The van der Waals surface area contributed by atoms with Gasteiger partial charge in [-0.2, -0.15) is 0 Å². The normalized spacial score (nSPS) is 11.1. The van der Waals surface area contributed by atoms with Crippen LogP contribution in [0.25, 0.3) is 10.7 Å². The van der Waals surface area contributed by atoms with Gasteiger partial charge in [0.1, 0.15) is 5.82 Å². The zero-order valence-corrected chi connectivity index (χ0v) is 13.0. The van der Waals surface area contributed by atoms with Crippen LogP contribution in [-0.4, -0.2) is 9.97 Å². The van der Waals surface area contributed by atoms with Crippen LogP contribution in [0.3, 0.4) is 0 Å². The van der Waals surface area contributed by atoms with E-state index in [1.807, 2.05) is 6.07 Å². The minimum Gasteiger partial charge on any atom is -0.383 e. The lowest BCUT2D eigenvalue weighted by molar-refractivity contribution is 0.810. The monoisotopic (exact) mass is 359 g/mol. The zero-order valence-electron chi connectivity index (χ0n) is 9.99. The lowest BCUT2D eigenvalue weighted by Gasteiger charge is -2.10. The lowest BCUT2D eigenvalue weighted by Crippen LogP contribution is -2.05. The SMILES string of the molecule is Cc1ccc(-c2nc(N)c(I)c(C(C)C)n2)s1. The Bertz CT molecular complexity index is 549. The predicted octanol–water partition coefficient (Wildman–Crippen LogP) is 3.82. The Morgan fingerprint density at radius 1 is 1.29 bits per heavy atom. The van der Waals surface area contributed by atoms with E-state index in [1.165, 1.54) is 4.88 Å². The first kappa shape index (κ1) is 12.8. The fraction of sp³-hybridized carbons (Fsp3) is 0.333. The van der Waals surface area contributed by atoms with Crippen LogP contribution in [0.15, 0.2) is 12.1 Å². The summed E-state index contributed by atoms with van der Waals surface area (Å²) in [5.74, 6) is 1.67. The van der Waals surface area contributed by atoms with Crippen LogP contribution in [-0.2, 0) is 0 Å². The maximum Gasteiger partial charge on any atom is 0.171 e. The summed E-state index contributed by atoms with van der Waals surface area (Å²) >= 11 is 3.91. The number of nitrogens with two attached hydrogens (primary N) is 1. The van der Waals surface area contributed by atoms with E-state index in [2.05, 4.69) is 59.4 Å². The first-order chi connectivity index (χ1) is 7.99. The van der Waals surface area contributed by atoms with Crippen molar-refractivity contribution in [3.05, 3.63) is 26.3 Å². The van der Waals surface area contributed by atoms with Crippen molar-refractivity contribution in [3.8, 4) is 10.7 Å². The molecule has 0 aliphatic carbocycles. The van der Waals surface area contributed by atoms with E-state index < -0.39 is 0 Å². The van der Waals surface area contributed by atoms with E-state index in [-0.39, 0.29) is 0 Å². The highest BCUT2D eigenvalue weighted by molar-refractivity contribution is 14.1. The van der Waals surface area contributed by atoms with Gasteiger partial charge >= 0.3 is 0 Å². The molecule has 0 aliphatic rings. The Kier molecular flexibility index (Phi) is 3.67. The molecule has 0 amide bonds. The number of hydrogen-bond acceptors (Lipinski definition) is 4. The minimum atomic E-state index is 0.354. The first-order valence-electron chi connectivity index (χ1n) is 5.38. The zero-order chi connectivity index (χ0) is 12.6. The Morgan fingerprint density at radius 3 is 2.53 bits per heavy atom. The molecule has 0 saturated carbocycles. The molecule has 2 aromatic rings. The van der Waals surface area contributed by atoms with Gasteiger partial charge in [0.15, 0.2) is 5.82 Å². The fourth-order valence-electron chi connectivity index (χ4n) is 1.53. The number of thiophene rings is 1. The average molecular weight is 359 g/mol. The van der Waals surface area contributed by atoms with E-state index >= 15 is 0 Å². The number of nitrogens with zero attached hydrogens (tertiary/aromatic N) is 2. The van der Waals surface area contributed by atoms with Crippen molar-refractivity contribution in [2.45, 2.75) is 26.7 Å². The van der Waals surface area contributed by atoms with Crippen molar-refractivity contribution in [1.29, 1.82) is 0 Å². The molecular formula is C12H14IN3S. The summed E-state index contributed by atoms with van der Waals surface area (Å²) in [6.07, 6.45) is 0. The van der Waals surface area contributed by atoms with Crippen LogP contribution in [0.4, 0.5) is 5.82 Å². The van der Waals surface area contributed by atoms with Crippen molar-refractivity contribution in [3.63, 3.8) is 0 Å². The summed E-state index contributed by atoms with van der Waals surface area (Å²) in [7, 11) is 0. The van der Waals surface area contributed by atoms with Gasteiger partial charge in [0.05, 0.1) is 14.1 Å². The predicted molar refractivity (Wildman–Crippen MR) is 81.3 cm³/mol. The van der Waals surface area contributed by atoms with Gasteiger partial charge in [-0.25, -0.2) is 9.97 Å². The molecule has 2 aromatic heterocycles. The van der Waals surface area contributed by atoms with Crippen LogP contribution in [0.5, 0.6) is 0 Å². The molecule has 17 heavy (non-hydrogen) atoms.